The summed E-state index contributed by atoms with van der Waals surface area (Å²) < 4.78 is 13.4. The Morgan fingerprint density at radius 2 is 1.92 bits per heavy atom. The van der Waals surface area contributed by atoms with Crippen molar-refractivity contribution in [3.8, 4) is 0 Å². The van der Waals surface area contributed by atoms with Crippen LogP contribution in [0.5, 0.6) is 0 Å². The van der Waals surface area contributed by atoms with Gasteiger partial charge in [0.15, 0.2) is 0 Å². The molecule has 0 fully saturated rings. The van der Waals surface area contributed by atoms with Crippen LogP contribution in [0.1, 0.15) is 52.4 Å². The molecule has 2 aromatic carbocycles. The molecule has 0 saturated carbocycles. The zero-order chi connectivity index (χ0) is 18.8. The van der Waals surface area contributed by atoms with Crippen LogP contribution in [0.25, 0.3) is 0 Å². The van der Waals surface area contributed by atoms with Crippen LogP contribution in [-0.4, -0.2) is 23.6 Å². The Labute approximate surface area is 153 Å². The summed E-state index contributed by atoms with van der Waals surface area (Å²) in [6.07, 6.45) is 1.83. The Hall–Kier alpha value is -2.69. The minimum Gasteiger partial charge on any atom is -0.398 e. The molecule has 0 radical (unpaired) electrons. The summed E-state index contributed by atoms with van der Waals surface area (Å²) in [5.41, 5.74) is 11.9. The van der Waals surface area contributed by atoms with E-state index in [9.17, 15) is 9.18 Å². The first kappa shape index (κ1) is 18.1. The second-order valence-corrected chi connectivity index (χ2v) is 6.75. The van der Waals surface area contributed by atoms with Crippen molar-refractivity contribution < 1.29 is 9.18 Å². The number of rotatable bonds is 4. The fraction of sp³-hybridized carbons (Fsp3) is 0.333. The number of hydrogen-bond donors (Lipinski definition) is 1. The van der Waals surface area contributed by atoms with Crippen LogP contribution in [0.4, 0.5) is 10.1 Å². The van der Waals surface area contributed by atoms with Crippen LogP contribution in [0, 0.1) is 12.7 Å². The molecule has 3 rings (SSSR count). The third kappa shape index (κ3) is 3.34. The van der Waals surface area contributed by atoms with Gasteiger partial charge in [0.25, 0.3) is 5.91 Å². The fourth-order valence-corrected chi connectivity index (χ4v) is 3.51. The molecule has 136 valence electrons. The predicted molar refractivity (Wildman–Crippen MR) is 103 cm³/mol. The smallest absolute Gasteiger partial charge is 0.256 e. The third-order valence-corrected chi connectivity index (χ3v) is 4.87. The molecule has 5 heteroatoms. The maximum absolute atomic E-state index is 13.4. The Morgan fingerprint density at radius 1 is 1.19 bits per heavy atom. The van der Waals surface area contributed by atoms with Gasteiger partial charge in [-0.3, -0.25) is 9.79 Å². The van der Waals surface area contributed by atoms with E-state index in [-0.39, 0.29) is 11.7 Å². The molecule has 0 unspecified atom stereocenters. The Kier molecular flexibility index (Phi) is 5.07. The summed E-state index contributed by atoms with van der Waals surface area (Å²) >= 11 is 0. The fourth-order valence-electron chi connectivity index (χ4n) is 3.51. The highest BCUT2D eigenvalue weighted by Gasteiger charge is 2.26. The number of carbonyl (C=O) groups excluding carboxylic acids is 1. The van der Waals surface area contributed by atoms with E-state index in [4.69, 9.17) is 5.73 Å². The number of nitrogen functional groups attached to an aromatic ring is 1. The summed E-state index contributed by atoms with van der Waals surface area (Å²) in [5, 5.41) is 0. The number of aliphatic imine (C=N–C) groups is 1. The van der Waals surface area contributed by atoms with Gasteiger partial charge >= 0.3 is 0 Å². The molecule has 0 atom stereocenters. The molecule has 1 amide bonds. The van der Waals surface area contributed by atoms with E-state index in [1.54, 1.807) is 18.0 Å². The molecule has 0 bridgehead atoms. The number of benzene rings is 2. The summed E-state index contributed by atoms with van der Waals surface area (Å²) in [4.78, 5) is 19.2. The molecule has 0 spiro atoms. The number of nitrogens with zero attached hydrogens (tertiary/aromatic N) is 2. The molecule has 26 heavy (non-hydrogen) atoms. The third-order valence-electron chi connectivity index (χ3n) is 4.87. The lowest BCUT2D eigenvalue weighted by Gasteiger charge is -2.19. The Bertz CT molecular complexity index is 889. The maximum Gasteiger partial charge on any atom is 0.256 e. The summed E-state index contributed by atoms with van der Waals surface area (Å²) in [6.45, 7) is 4.96. The van der Waals surface area contributed by atoms with E-state index < -0.39 is 0 Å². The number of amides is 1. The van der Waals surface area contributed by atoms with E-state index in [1.807, 2.05) is 19.1 Å². The normalized spacial score (nSPS) is 13.8. The molecule has 1 aliphatic rings. The van der Waals surface area contributed by atoms with Crippen molar-refractivity contribution in [2.24, 2.45) is 4.99 Å². The molecule has 0 aromatic heterocycles. The highest BCUT2D eigenvalue weighted by Crippen LogP contribution is 2.28. The van der Waals surface area contributed by atoms with Gasteiger partial charge in [0.1, 0.15) is 5.82 Å². The van der Waals surface area contributed by atoms with Gasteiger partial charge in [0.05, 0.1) is 5.56 Å². The van der Waals surface area contributed by atoms with Gasteiger partial charge in [0, 0.05) is 31.5 Å². The van der Waals surface area contributed by atoms with Crippen molar-refractivity contribution in [3.05, 3.63) is 64.0 Å². The van der Waals surface area contributed by atoms with E-state index in [2.05, 4.69) is 11.9 Å². The number of hydrogen-bond acceptors (Lipinski definition) is 3. The second-order valence-electron chi connectivity index (χ2n) is 6.75. The zero-order valence-corrected chi connectivity index (χ0v) is 15.5. The summed E-state index contributed by atoms with van der Waals surface area (Å²) in [5.74, 6) is -0.411. The van der Waals surface area contributed by atoms with Gasteiger partial charge in [0.2, 0.25) is 0 Å². The quantitative estimate of drug-likeness (QED) is 0.665. The van der Waals surface area contributed by atoms with Crippen LogP contribution >= 0.6 is 0 Å². The number of aryl methyl sites for hydroxylation is 1. The van der Waals surface area contributed by atoms with Crippen molar-refractivity contribution in [2.75, 3.05) is 12.8 Å². The lowest BCUT2D eigenvalue weighted by Crippen LogP contribution is -2.26. The molecule has 0 saturated heterocycles. The van der Waals surface area contributed by atoms with E-state index >= 15 is 0 Å². The number of halogens is 1. The highest BCUT2D eigenvalue weighted by atomic mass is 19.1. The van der Waals surface area contributed by atoms with Crippen LogP contribution in [-0.2, 0) is 13.1 Å². The summed E-state index contributed by atoms with van der Waals surface area (Å²) in [6, 6.07) is 8.36. The Balaban J connectivity index is 1.93. The van der Waals surface area contributed by atoms with Crippen LogP contribution in [0.15, 0.2) is 35.3 Å². The highest BCUT2D eigenvalue weighted by molar-refractivity contribution is 6.06. The molecular formula is C21H24FN3O. The first-order valence-corrected chi connectivity index (χ1v) is 8.87. The van der Waals surface area contributed by atoms with Gasteiger partial charge in [-0.25, -0.2) is 4.39 Å². The van der Waals surface area contributed by atoms with Crippen molar-refractivity contribution >= 4 is 17.3 Å². The van der Waals surface area contributed by atoms with Gasteiger partial charge in [-0.05, 0) is 59.9 Å². The SMILES string of the molecule is CCCC(=NC)c1cc(C(=O)N2Cc3ccc(F)cc3C2)c(N)cc1C. The van der Waals surface area contributed by atoms with Crippen molar-refractivity contribution in [2.45, 2.75) is 39.8 Å². The monoisotopic (exact) mass is 353 g/mol. The molecule has 0 aliphatic carbocycles. The lowest BCUT2D eigenvalue weighted by atomic mass is 9.96. The van der Waals surface area contributed by atoms with Gasteiger partial charge in [-0.2, -0.15) is 0 Å². The van der Waals surface area contributed by atoms with Crippen molar-refractivity contribution in [1.82, 2.24) is 4.90 Å². The number of nitrogens with two attached hydrogens (primary N) is 1. The number of carbonyl (C=O) groups is 1. The molecule has 4 nitrogen and oxygen atoms in total. The van der Waals surface area contributed by atoms with E-state index in [1.165, 1.54) is 12.1 Å². The van der Waals surface area contributed by atoms with Gasteiger partial charge < -0.3 is 10.6 Å². The molecule has 1 aliphatic heterocycles. The summed E-state index contributed by atoms with van der Waals surface area (Å²) in [7, 11) is 1.77. The second kappa shape index (κ2) is 7.28. The van der Waals surface area contributed by atoms with Gasteiger partial charge in [-0.15, -0.1) is 0 Å². The predicted octanol–water partition coefficient (Wildman–Crippen LogP) is 4.09. The molecular weight excluding hydrogens is 329 g/mol. The zero-order valence-electron chi connectivity index (χ0n) is 15.5. The first-order chi connectivity index (χ1) is 12.4. The molecule has 1 heterocycles. The molecule has 2 N–H and O–H groups in total. The van der Waals surface area contributed by atoms with Crippen molar-refractivity contribution in [1.29, 1.82) is 0 Å². The van der Waals surface area contributed by atoms with Crippen LogP contribution in [0.3, 0.4) is 0 Å². The lowest BCUT2D eigenvalue weighted by molar-refractivity contribution is 0.0752. The average molecular weight is 353 g/mol. The largest absolute Gasteiger partial charge is 0.398 e. The molecule has 2 aromatic rings. The number of anilines is 1. The van der Waals surface area contributed by atoms with Gasteiger partial charge in [-0.1, -0.05) is 19.4 Å². The van der Waals surface area contributed by atoms with E-state index in [0.717, 1.165) is 40.8 Å². The maximum atomic E-state index is 13.4. The number of fused-ring (bicyclic) bond motifs is 1. The topological polar surface area (TPSA) is 58.7 Å². The van der Waals surface area contributed by atoms with Crippen LogP contribution < -0.4 is 5.73 Å². The first-order valence-electron chi connectivity index (χ1n) is 8.87. The standard InChI is InChI=1S/C21H24FN3O/c1-4-5-20(24-3)17-10-18(19(23)8-13(17)2)21(26)25-11-14-6-7-16(22)9-15(14)12-25/h6-10H,4-5,11-12,23H2,1-3H3. The Morgan fingerprint density at radius 3 is 2.62 bits per heavy atom. The van der Waals surface area contributed by atoms with E-state index in [0.29, 0.717) is 24.3 Å². The van der Waals surface area contributed by atoms with Crippen LogP contribution in [0.2, 0.25) is 0 Å². The average Bonchev–Trinajstić information content (AvgIpc) is 3.03. The minimum atomic E-state index is -0.279. The minimum absolute atomic E-state index is 0.132. The van der Waals surface area contributed by atoms with Crippen molar-refractivity contribution in [3.63, 3.8) is 0 Å².